The summed E-state index contributed by atoms with van der Waals surface area (Å²) in [4.78, 5) is 11.5. The van der Waals surface area contributed by atoms with Crippen molar-refractivity contribution in [2.24, 2.45) is 5.10 Å². The molecule has 0 aliphatic heterocycles. The predicted molar refractivity (Wildman–Crippen MR) is 86.8 cm³/mol. The maximum Gasteiger partial charge on any atom is 0.277 e. The topological polar surface area (TPSA) is 50.7 Å². The predicted octanol–water partition coefficient (Wildman–Crippen LogP) is 2.82. The second-order valence-corrected chi connectivity index (χ2v) is 5.08. The lowest BCUT2D eigenvalue weighted by Crippen LogP contribution is -2.24. The first-order valence-corrected chi connectivity index (χ1v) is 7.08. The Kier molecular flexibility index (Phi) is 5.55. The fourth-order valence-corrected chi connectivity index (χ4v) is 1.98. The van der Waals surface area contributed by atoms with Crippen LogP contribution in [0.15, 0.2) is 59.7 Å². The Bertz CT molecular complexity index is 600. The summed E-state index contributed by atoms with van der Waals surface area (Å²) in [5.41, 5.74) is 3.39. The van der Waals surface area contributed by atoms with Crippen molar-refractivity contribution in [2.45, 2.75) is 0 Å². The van der Waals surface area contributed by atoms with Gasteiger partial charge in [0.15, 0.2) is 6.61 Å². The maximum atomic E-state index is 11.5. The molecule has 0 aromatic heterocycles. The molecule has 1 N–H and O–H groups in total. The summed E-state index contributed by atoms with van der Waals surface area (Å²) in [6.07, 6.45) is 1.61. The molecule has 0 heterocycles. The third-order valence-electron chi connectivity index (χ3n) is 2.41. The summed E-state index contributed by atoms with van der Waals surface area (Å²) in [6, 6.07) is 16.9. The number of halogens is 1. The average molecular weight is 380 g/mol. The minimum absolute atomic E-state index is 0.0623. The van der Waals surface area contributed by atoms with Gasteiger partial charge in [-0.2, -0.15) is 5.10 Å². The molecule has 0 bridgehead atoms. The van der Waals surface area contributed by atoms with Gasteiger partial charge in [0, 0.05) is 9.13 Å². The number of ether oxygens (including phenoxy) is 1. The van der Waals surface area contributed by atoms with Crippen LogP contribution >= 0.6 is 22.6 Å². The van der Waals surface area contributed by atoms with Gasteiger partial charge in [-0.1, -0.05) is 36.4 Å². The highest BCUT2D eigenvalue weighted by molar-refractivity contribution is 14.1. The molecular formula is C15H13IN2O2. The number of nitrogens with zero attached hydrogens (tertiary/aromatic N) is 1. The molecule has 20 heavy (non-hydrogen) atoms. The molecule has 5 heteroatoms. The second kappa shape index (κ2) is 7.64. The molecule has 4 nitrogen and oxygen atoms in total. The van der Waals surface area contributed by atoms with Crippen molar-refractivity contribution < 1.29 is 9.53 Å². The number of para-hydroxylation sites is 1. The van der Waals surface area contributed by atoms with Gasteiger partial charge in [0.1, 0.15) is 5.75 Å². The van der Waals surface area contributed by atoms with Gasteiger partial charge < -0.3 is 4.74 Å². The number of carbonyl (C=O) groups is 1. The molecule has 0 radical (unpaired) electrons. The van der Waals surface area contributed by atoms with E-state index in [1.807, 2.05) is 42.5 Å². The van der Waals surface area contributed by atoms with Gasteiger partial charge in [0.2, 0.25) is 0 Å². The zero-order valence-corrected chi connectivity index (χ0v) is 12.8. The normalized spacial score (nSPS) is 10.4. The molecule has 102 valence electrons. The van der Waals surface area contributed by atoms with Gasteiger partial charge in [-0.25, -0.2) is 5.43 Å². The van der Waals surface area contributed by atoms with Crippen LogP contribution in [0, 0.1) is 3.57 Å². The van der Waals surface area contributed by atoms with Crippen molar-refractivity contribution in [3.05, 3.63) is 63.7 Å². The van der Waals surface area contributed by atoms with E-state index in [2.05, 4.69) is 33.1 Å². The van der Waals surface area contributed by atoms with Crippen LogP contribution in [-0.4, -0.2) is 18.7 Å². The van der Waals surface area contributed by atoms with E-state index in [1.54, 1.807) is 18.3 Å². The molecule has 2 aromatic rings. The summed E-state index contributed by atoms with van der Waals surface area (Å²) in [5.74, 6) is 0.361. The van der Waals surface area contributed by atoms with E-state index in [4.69, 9.17) is 4.74 Å². The highest BCUT2D eigenvalue weighted by atomic mass is 127. The number of hydrogen-bond acceptors (Lipinski definition) is 3. The van der Waals surface area contributed by atoms with Gasteiger partial charge in [-0.15, -0.1) is 0 Å². The smallest absolute Gasteiger partial charge is 0.277 e. The van der Waals surface area contributed by atoms with Crippen LogP contribution in [0.25, 0.3) is 0 Å². The van der Waals surface area contributed by atoms with Crippen molar-refractivity contribution in [3.63, 3.8) is 0 Å². The molecule has 0 spiro atoms. The van der Waals surface area contributed by atoms with E-state index in [9.17, 15) is 4.79 Å². The van der Waals surface area contributed by atoms with Crippen molar-refractivity contribution in [2.75, 3.05) is 6.61 Å². The minimum Gasteiger partial charge on any atom is -0.484 e. The van der Waals surface area contributed by atoms with Crippen LogP contribution in [0.4, 0.5) is 0 Å². The zero-order valence-electron chi connectivity index (χ0n) is 10.6. The lowest BCUT2D eigenvalue weighted by atomic mass is 10.2. The molecule has 2 aromatic carbocycles. The Morgan fingerprint density at radius 2 is 1.85 bits per heavy atom. The van der Waals surface area contributed by atoms with Crippen LogP contribution in [-0.2, 0) is 4.79 Å². The molecule has 0 saturated carbocycles. The van der Waals surface area contributed by atoms with Crippen molar-refractivity contribution in [3.8, 4) is 5.75 Å². The molecule has 0 aliphatic carbocycles. The van der Waals surface area contributed by atoms with E-state index >= 15 is 0 Å². The Labute approximate surface area is 131 Å². The summed E-state index contributed by atoms with van der Waals surface area (Å²) >= 11 is 2.21. The average Bonchev–Trinajstić information content (AvgIpc) is 2.48. The molecule has 1 amide bonds. The first-order valence-electron chi connectivity index (χ1n) is 6.00. The van der Waals surface area contributed by atoms with Crippen LogP contribution in [0.5, 0.6) is 5.75 Å². The number of benzene rings is 2. The van der Waals surface area contributed by atoms with Crippen molar-refractivity contribution in [1.82, 2.24) is 5.43 Å². The SMILES string of the molecule is O=C(COc1ccccc1)N/N=C/c1ccccc1I. The van der Waals surface area contributed by atoms with Gasteiger partial charge in [0.25, 0.3) is 5.91 Å². The molecule has 0 saturated heterocycles. The summed E-state index contributed by atoms with van der Waals surface area (Å²) in [7, 11) is 0. The largest absolute Gasteiger partial charge is 0.484 e. The molecule has 0 unspecified atom stereocenters. The van der Waals surface area contributed by atoms with E-state index in [0.717, 1.165) is 9.13 Å². The Balaban J connectivity index is 1.79. The van der Waals surface area contributed by atoms with Gasteiger partial charge in [0.05, 0.1) is 6.21 Å². The fraction of sp³-hybridized carbons (Fsp3) is 0.0667. The maximum absolute atomic E-state index is 11.5. The molecule has 2 rings (SSSR count). The first kappa shape index (κ1) is 14.5. The standard InChI is InChI=1S/C15H13IN2O2/c16-14-9-5-4-6-12(14)10-17-18-15(19)11-20-13-7-2-1-3-8-13/h1-10H,11H2,(H,18,19)/b17-10+. The number of rotatable bonds is 5. The van der Waals surface area contributed by atoms with Crippen LogP contribution in [0.3, 0.4) is 0 Å². The molecular weight excluding hydrogens is 367 g/mol. The highest BCUT2D eigenvalue weighted by Gasteiger charge is 2.00. The fourth-order valence-electron chi connectivity index (χ4n) is 1.45. The minimum atomic E-state index is -0.295. The second-order valence-electron chi connectivity index (χ2n) is 3.92. The van der Waals surface area contributed by atoms with Crippen LogP contribution in [0.2, 0.25) is 0 Å². The molecule has 0 fully saturated rings. The number of carbonyl (C=O) groups excluding carboxylic acids is 1. The Morgan fingerprint density at radius 1 is 1.15 bits per heavy atom. The van der Waals surface area contributed by atoms with Crippen molar-refractivity contribution in [1.29, 1.82) is 0 Å². The van der Waals surface area contributed by atoms with E-state index < -0.39 is 0 Å². The summed E-state index contributed by atoms with van der Waals surface area (Å²) in [6.45, 7) is -0.0623. The molecule has 0 atom stereocenters. The first-order chi connectivity index (χ1) is 9.75. The van der Waals surface area contributed by atoms with E-state index in [-0.39, 0.29) is 12.5 Å². The Hall–Kier alpha value is -1.89. The third-order valence-corrected chi connectivity index (χ3v) is 3.39. The van der Waals surface area contributed by atoms with E-state index in [0.29, 0.717) is 5.75 Å². The molecule has 0 aliphatic rings. The van der Waals surface area contributed by atoms with Crippen LogP contribution in [0.1, 0.15) is 5.56 Å². The van der Waals surface area contributed by atoms with Gasteiger partial charge in [-0.3, -0.25) is 4.79 Å². The van der Waals surface area contributed by atoms with E-state index in [1.165, 1.54) is 0 Å². The third kappa shape index (κ3) is 4.65. The monoisotopic (exact) mass is 380 g/mol. The van der Waals surface area contributed by atoms with Crippen LogP contribution < -0.4 is 10.2 Å². The quantitative estimate of drug-likeness (QED) is 0.493. The van der Waals surface area contributed by atoms with Gasteiger partial charge >= 0.3 is 0 Å². The summed E-state index contributed by atoms with van der Waals surface area (Å²) in [5, 5.41) is 3.91. The van der Waals surface area contributed by atoms with Crippen molar-refractivity contribution >= 4 is 34.7 Å². The number of hydrogen-bond donors (Lipinski definition) is 1. The zero-order chi connectivity index (χ0) is 14.2. The summed E-state index contributed by atoms with van der Waals surface area (Å²) < 4.78 is 6.38. The Morgan fingerprint density at radius 3 is 2.60 bits per heavy atom. The van der Waals surface area contributed by atoms with Gasteiger partial charge in [-0.05, 0) is 40.8 Å². The number of hydrazone groups is 1. The lowest BCUT2D eigenvalue weighted by Gasteiger charge is -2.04. The lowest BCUT2D eigenvalue weighted by molar-refractivity contribution is -0.123. The highest BCUT2D eigenvalue weighted by Crippen LogP contribution is 2.09. The number of nitrogens with one attached hydrogen (secondary N) is 1. The number of amides is 1.